The molecule has 1 spiro atoms. The Morgan fingerprint density at radius 1 is 1.41 bits per heavy atom. The van der Waals surface area contributed by atoms with E-state index in [1.807, 2.05) is 0 Å². The number of carbonyl (C=O) groups is 2. The molecule has 0 N–H and O–H groups in total. The first-order valence-electron chi connectivity index (χ1n) is 5.37. The van der Waals surface area contributed by atoms with Gasteiger partial charge in [-0.15, -0.1) is 0 Å². The molecule has 2 aliphatic carbocycles. The average Bonchev–Trinajstić information content (AvgIpc) is 2.74. The van der Waals surface area contributed by atoms with E-state index in [1.54, 1.807) is 12.2 Å². The zero-order chi connectivity index (χ0) is 12.0. The zero-order valence-corrected chi connectivity index (χ0v) is 10.5. The number of rotatable bonds is 0. The Bertz CT molecular complexity index is 545. The van der Waals surface area contributed by atoms with Crippen LogP contribution in [-0.2, 0) is 9.59 Å². The monoisotopic (exact) mass is 292 g/mol. The largest absolute Gasteiger partial charge is 0.295 e. The molecule has 0 aromatic rings. The number of ketones is 2. The van der Waals surface area contributed by atoms with Crippen molar-refractivity contribution < 1.29 is 9.59 Å². The van der Waals surface area contributed by atoms with E-state index in [0.29, 0.717) is 13.0 Å². The molecule has 0 saturated heterocycles. The number of nitrogens with zero attached hydrogens (tertiary/aromatic N) is 2. The van der Waals surface area contributed by atoms with Crippen molar-refractivity contribution in [2.24, 2.45) is 16.1 Å². The Labute approximate surface area is 106 Å². The molecule has 1 aliphatic heterocycles. The van der Waals surface area contributed by atoms with Crippen molar-refractivity contribution in [1.82, 2.24) is 0 Å². The minimum atomic E-state index is -0.945. The predicted molar refractivity (Wildman–Crippen MR) is 64.8 cm³/mol. The Hall–Kier alpha value is -1.36. The highest BCUT2D eigenvalue weighted by Crippen LogP contribution is 2.48. The molecule has 0 radical (unpaired) electrons. The summed E-state index contributed by atoms with van der Waals surface area (Å²) >= 11 is 3.38. The lowest BCUT2D eigenvalue weighted by atomic mass is 9.76. The Kier molecular flexibility index (Phi) is 2.26. The molecule has 0 bridgehead atoms. The minimum Gasteiger partial charge on any atom is -0.295 e. The van der Waals surface area contributed by atoms with Crippen LogP contribution in [-0.4, -0.2) is 23.7 Å². The number of halogens is 1. The van der Waals surface area contributed by atoms with Gasteiger partial charge in [-0.2, -0.15) is 10.2 Å². The zero-order valence-electron chi connectivity index (χ0n) is 8.89. The van der Waals surface area contributed by atoms with Crippen LogP contribution in [0.4, 0.5) is 0 Å². The fourth-order valence-electron chi connectivity index (χ4n) is 2.59. The third-order valence-corrected chi connectivity index (χ3v) is 4.07. The van der Waals surface area contributed by atoms with Crippen LogP contribution in [0.3, 0.4) is 0 Å². The lowest BCUT2D eigenvalue weighted by molar-refractivity contribution is -0.120. The van der Waals surface area contributed by atoms with Crippen molar-refractivity contribution in [1.29, 1.82) is 0 Å². The van der Waals surface area contributed by atoms with Gasteiger partial charge in [-0.3, -0.25) is 9.59 Å². The van der Waals surface area contributed by atoms with Crippen LogP contribution in [0, 0.1) is 5.92 Å². The van der Waals surface area contributed by atoms with E-state index in [-0.39, 0.29) is 17.5 Å². The van der Waals surface area contributed by atoms with Gasteiger partial charge in [0, 0.05) is 22.4 Å². The Balaban J connectivity index is 2.21. The highest BCUT2D eigenvalue weighted by Gasteiger charge is 2.55. The average molecular weight is 293 g/mol. The molecule has 86 valence electrons. The molecule has 0 amide bonds. The first-order chi connectivity index (χ1) is 8.14. The number of carbonyl (C=O) groups excluding carboxylic acids is 2. The van der Waals surface area contributed by atoms with Crippen molar-refractivity contribution in [3.05, 3.63) is 34.4 Å². The summed E-state index contributed by atoms with van der Waals surface area (Å²) in [7, 11) is 0. The SMILES string of the molecule is O=C1/C=C\C=C2\C(Br)=CC(=O)C23N=NCC3C1. The van der Waals surface area contributed by atoms with Crippen LogP contribution < -0.4 is 0 Å². The predicted octanol–water partition coefficient (Wildman–Crippen LogP) is 2.12. The van der Waals surface area contributed by atoms with Gasteiger partial charge in [0.1, 0.15) is 0 Å². The van der Waals surface area contributed by atoms with Gasteiger partial charge >= 0.3 is 0 Å². The van der Waals surface area contributed by atoms with Crippen molar-refractivity contribution in [3.63, 3.8) is 0 Å². The van der Waals surface area contributed by atoms with E-state index in [9.17, 15) is 9.59 Å². The first-order valence-corrected chi connectivity index (χ1v) is 6.16. The number of hydrogen-bond donors (Lipinski definition) is 0. The summed E-state index contributed by atoms with van der Waals surface area (Å²) < 4.78 is 0.743. The van der Waals surface area contributed by atoms with E-state index in [1.165, 1.54) is 12.2 Å². The maximum Gasteiger partial charge on any atom is 0.191 e. The maximum atomic E-state index is 12.2. The summed E-state index contributed by atoms with van der Waals surface area (Å²) in [4.78, 5) is 23.8. The second kappa shape index (κ2) is 3.57. The number of allylic oxidation sites excluding steroid dienone is 3. The van der Waals surface area contributed by atoms with Gasteiger partial charge in [-0.05, 0) is 12.2 Å². The molecular weight excluding hydrogens is 284 g/mol. The van der Waals surface area contributed by atoms with Crippen molar-refractivity contribution in [2.45, 2.75) is 12.0 Å². The van der Waals surface area contributed by atoms with E-state index in [0.717, 1.165) is 10.1 Å². The van der Waals surface area contributed by atoms with Gasteiger partial charge in [0.2, 0.25) is 0 Å². The normalized spacial score (nSPS) is 39.9. The maximum absolute atomic E-state index is 12.2. The molecule has 3 rings (SSSR count). The van der Waals surface area contributed by atoms with Crippen molar-refractivity contribution in [2.75, 3.05) is 6.54 Å². The molecule has 5 heteroatoms. The summed E-state index contributed by atoms with van der Waals surface area (Å²) in [5.41, 5.74) is -0.128. The topological polar surface area (TPSA) is 58.9 Å². The van der Waals surface area contributed by atoms with Crippen LogP contribution in [0.25, 0.3) is 0 Å². The van der Waals surface area contributed by atoms with Gasteiger partial charge in [0.05, 0.1) is 6.54 Å². The minimum absolute atomic E-state index is 0.0211. The third-order valence-electron chi connectivity index (χ3n) is 3.42. The van der Waals surface area contributed by atoms with Crippen LogP contribution in [0.2, 0.25) is 0 Å². The van der Waals surface area contributed by atoms with Crippen LogP contribution in [0.1, 0.15) is 6.42 Å². The van der Waals surface area contributed by atoms with Crippen molar-refractivity contribution >= 4 is 27.5 Å². The van der Waals surface area contributed by atoms with Crippen LogP contribution >= 0.6 is 15.9 Å². The lowest BCUT2D eigenvalue weighted by Crippen LogP contribution is -2.42. The molecule has 17 heavy (non-hydrogen) atoms. The molecule has 0 fully saturated rings. The van der Waals surface area contributed by atoms with Crippen LogP contribution in [0.15, 0.2) is 44.6 Å². The molecule has 0 aromatic carbocycles. The summed E-state index contributed by atoms with van der Waals surface area (Å²) in [6.45, 7) is 0.441. The molecule has 0 aromatic heterocycles. The Morgan fingerprint density at radius 2 is 2.24 bits per heavy atom. The molecule has 3 aliphatic rings. The standard InChI is InChI=1S/C12H9BrN2O2/c13-10-5-11(17)12-7(6-14-15-12)4-8(16)2-1-3-9(10)12/h1-3,5,7H,4,6H2/b2-1-,9-3-. The number of azo groups is 1. The smallest absolute Gasteiger partial charge is 0.191 e. The van der Waals surface area contributed by atoms with E-state index >= 15 is 0 Å². The third kappa shape index (κ3) is 1.35. The second-order valence-electron chi connectivity index (χ2n) is 4.35. The molecule has 2 unspecified atom stereocenters. The summed E-state index contributed by atoms with van der Waals surface area (Å²) in [5, 5.41) is 8.15. The van der Waals surface area contributed by atoms with E-state index in [2.05, 4.69) is 26.2 Å². The van der Waals surface area contributed by atoms with Gasteiger partial charge in [-0.25, -0.2) is 0 Å². The summed E-state index contributed by atoms with van der Waals surface area (Å²) in [6.07, 6.45) is 6.85. The lowest BCUT2D eigenvalue weighted by Gasteiger charge is -2.27. The molecule has 2 atom stereocenters. The fraction of sp³-hybridized carbons (Fsp3) is 0.333. The van der Waals surface area contributed by atoms with Gasteiger partial charge < -0.3 is 0 Å². The summed E-state index contributed by atoms with van der Waals surface area (Å²) in [5.74, 6) is -0.206. The highest BCUT2D eigenvalue weighted by atomic mass is 79.9. The first kappa shape index (κ1) is 10.8. The molecular formula is C12H9BrN2O2. The molecule has 1 heterocycles. The van der Waals surface area contributed by atoms with E-state index < -0.39 is 5.54 Å². The second-order valence-corrected chi connectivity index (χ2v) is 5.21. The number of hydrogen-bond acceptors (Lipinski definition) is 4. The highest BCUT2D eigenvalue weighted by molar-refractivity contribution is 9.12. The fourth-order valence-corrected chi connectivity index (χ4v) is 3.23. The molecule has 0 saturated carbocycles. The quantitative estimate of drug-likeness (QED) is 0.687. The van der Waals surface area contributed by atoms with Crippen molar-refractivity contribution in [3.8, 4) is 0 Å². The van der Waals surface area contributed by atoms with Gasteiger partial charge in [0.25, 0.3) is 0 Å². The Morgan fingerprint density at radius 3 is 3.06 bits per heavy atom. The van der Waals surface area contributed by atoms with Gasteiger partial charge in [-0.1, -0.05) is 28.1 Å². The van der Waals surface area contributed by atoms with Gasteiger partial charge in [0.15, 0.2) is 17.1 Å². The van der Waals surface area contributed by atoms with Crippen LogP contribution in [0.5, 0.6) is 0 Å². The summed E-state index contributed by atoms with van der Waals surface area (Å²) in [6, 6.07) is 0. The molecule has 4 nitrogen and oxygen atoms in total. The van der Waals surface area contributed by atoms with E-state index in [4.69, 9.17) is 0 Å².